The van der Waals surface area contributed by atoms with Crippen LogP contribution in [0.4, 0.5) is 0 Å². The Morgan fingerprint density at radius 3 is 2.71 bits per heavy atom. The van der Waals surface area contributed by atoms with Crippen LogP contribution in [0, 0.1) is 6.92 Å². The van der Waals surface area contributed by atoms with E-state index in [0.29, 0.717) is 17.4 Å². The van der Waals surface area contributed by atoms with Gasteiger partial charge in [-0.3, -0.25) is 0 Å². The van der Waals surface area contributed by atoms with Gasteiger partial charge in [0, 0.05) is 17.6 Å². The minimum Gasteiger partial charge on any atom is -0.392 e. The third-order valence-electron chi connectivity index (χ3n) is 2.83. The summed E-state index contributed by atoms with van der Waals surface area (Å²) in [6.45, 7) is 2.47. The maximum absolute atomic E-state index is 12.3. The second-order valence-corrected chi connectivity index (χ2v) is 7.00. The van der Waals surface area contributed by atoms with Crippen molar-refractivity contribution >= 4 is 26.0 Å². The molecule has 0 bridgehead atoms. The molecule has 0 radical (unpaired) electrons. The molecular weight excluding hydrogens is 306 g/mol. The van der Waals surface area contributed by atoms with Crippen molar-refractivity contribution in [2.24, 2.45) is 0 Å². The van der Waals surface area contributed by atoms with Crippen LogP contribution < -0.4 is 0 Å². The second-order valence-electron chi connectivity index (χ2n) is 4.24. The molecule has 1 atom stereocenters. The van der Waals surface area contributed by atoms with Crippen LogP contribution in [0.3, 0.4) is 0 Å². The van der Waals surface area contributed by atoms with Crippen LogP contribution in [-0.2, 0) is 10.0 Å². The Kier molecular flexibility index (Phi) is 3.58. The highest BCUT2D eigenvalue weighted by atomic mass is 79.9. The average Bonchev–Trinajstić information content (AvgIpc) is 2.64. The molecule has 0 aromatic heterocycles. The molecule has 17 heavy (non-hydrogen) atoms. The Balaban J connectivity index is 2.38. The molecule has 1 unspecified atom stereocenters. The Labute approximate surface area is 109 Å². The van der Waals surface area contributed by atoms with Crippen LogP contribution in [0.5, 0.6) is 0 Å². The largest absolute Gasteiger partial charge is 0.392 e. The number of nitrogens with zero attached hydrogens (tertiary/aromatic N) is 1. The van der Waals surface area contributed by atoms with Crippen molar-refractivity contribution < 1.29 is 13.5 Å². The molecule has 4 nitrogen and oxygen atoms in total. The minimum atomic E-state index is -3.49. The molecule has 0 amide bonds. The zero-order valence-corrected chi connectivity index (χ0v) is 11.8. The standard InChI is InChI=1S/C11H14BrNO3S/c1-8-2-3-11(10(12)6-8)17(15,16)13-5-4-9(14)7-13/h2-3,6,9,14H,4-5,7H2,1H3. The lowest BCUT2D eigenvalue weighted by molar-refractivity contribution is 0.189. The summed E-state index contributed by atoms with van der Waals surface area (Å²) in [4.78, 5) is 0.261. The third kappa shape index (κ3) is 2.54. The summed E-state index contributed by atoms with van der Waals surface area (Å²) in [5.41, 5.74) is 0.997. The number of aryl methyl sites for hydroxylation is 1. The average molecular weight is 320 g/mol. The second kappa shape index (κ2) is 4.68. The normalized spacial score (nSPS) is 21.9. The van der Waals surface area contributed by atoms with Crippen molar-refractivity contribution in [2.45, 2.75) is 24.3 Å². The van der Waals surface area contributed by atoms with Gasteiger partial charge < -0.3 is 5.11 Å². The lowest BCUT2D eigenvalue weighted by Gasteiger charge is -2.16. The van der Waals surface area contributed by atoms with E-state index in [1.54, 1.807) is 18.2 Å². The molecule has 6 heteroatoms. The van der Waals surface area contributed by atoms with Crippen LogP contribution in [0.2, 0.25) is 0 Å². The molecule has 94 valence electrons. The number of halogens is 1. The van der Waals surface area contributed by atoms with Gasteiger partial charge in [-0.25, -0.2) is 8.42 Å². The lowest BCUT2D eigenvalue weighted by Crippen LogP contribution is -2.29. The Hall–Kier alpha value is -0.430. The fraction of sp³-hybridized carbons (Fsp3) is 0.455. The van der Waals surface area contributed by atoms with Gasteiger partial charge >= 0.3 is 0 Å². The van der Waals surface area contributed by atoms with E-state index in [4.69, 9.17) is 0 Å². The predicted molar refractivity (Wildman–Crippen MR) is 68.3 cm³/mol. The van der Waals surface area contributed by atoms with Gasteiger partial charge in [-0.2, -0.15) is 4.31 Å². The highest BCUT2D eigenvalue weighted by molar-refractivity contribution is 9.10. The van der Waals surface area contributed by atoms with E-state index in [1.807, 2.05) is 6.92 Å². The summed E-state index contributed by atoms with van der Waals surface area (Å²) in [7, 11) is -3.49. The van der Waals surface area contributed by atoms with Gasteiger partial charge in [0.25, 0.3) is 0 Å². The van der Waals surface area contributed by atoms with E-state index >= 15 is 0 Å². The van der Waals surface area contributed by atoms with Crippen LogP contribution >= 0.6 is 15.9 Å². The van der Waals surface area contributed by atoms with Gasteiger partial charge in [-0.05, 0) is 47.0 Å². The van der Waals surface area contributed by atoms with Crippen LogP contribution in [0.1, 0.15) is 12.0 Å². The minimum absolute atomic E-state index is 0.183. The summed E-state index contributed by atoms with van der Waals surface area (Å²) >= 11 is 3.28. The summed E-state index contributed by atoms with van der Waals surface area (Å²) in [5.74, 6) is 0. The van der Waals surface area contributed by atoms with Crippen LogP contribution in [0.25, 0.3) is 0 Å². The first-order valence-corrected chi connectivity index (χ1v) is 7.59. The lowest BCUT2D eigenvalue weighted by atomic mass is 10.2. The van der Waals surface area contributed by atoms with E-state index in [0.717, 1.165) is 5.56 Å². The van der Waals surface area contributed by atoms with E-state index < -0.39 is 16.1 Å². The van der Waals surface area contributed by atoms with Crippen molar-refractivity contribution in [3.05, 3.63) is 28.2 Å². The molecule has 0 spiro atoms. The van der Waals surface area contributed by atoms with Gasteiger partial charge in [-0.1, -0.05) is 6.07 Å². The molecule has 1 N–H and O–H groups in total. The van der Waals surface area contributed by atoms with E-state index in [-0.39, 0.29) is 11.4 Å². The number of benzene rings is 1. The van der Waals surface area contributed by atoms with Crippen molar-refractivity contribution in [3.63, 3.8) is 0 Å². The number of hydrogen-bond donors (Lipinski definition) is 1. The summed E-state index contributed by atoms with van der Waals surface area (Å²) in [6, 6.07) is 5.14. The first-order valence-electron chi connectivity index (χ1n) is 5.35. The maximum Gasteiger partial charge on any atom is 0.244 e. The number of rotatable bonds is 2. The fourth-order valence-corrected chi connectivity index (χ4v) is 4.53. The third-order valence-corrected chi connectivity index (χ3v) is 5.67. The topological polar surface area (TPSA) is 57.6 Å². The molecule has 1 fully saturated rings. The summed E-state index contributed by atoms with van der Waals surface area (Å²) < 4.78 is 26.5. The van der Waals surface area contributed by atoms with Crippen molar-refractivity contribution in [2.75, 3.05) is 13.1 Å². The Morgan fingerprint density at radius 1 is 1.47 bits per heavy atom. The molecule has 1 heterocycles. The van der Waals surface area contributed by atoms with Gasteiger partial charge in [0.1, 0.15) is 0 Å². The molecule has 1 aromatic rings. The molecule has 0 aliphatic carbocycles. The van der Waals surface area contributed by atoms with Crippen molar-refractivity contribution in [1.29, 1.82) is 0 Å². The predicted octanol–water partition coefficient (Wildman–Crippen LogP) is 1.51. The molecular formula is C11H14BrNO3S. The number of hydrogen-bond acceptors (Lipinski definition) is 3. The van der Waals surface area contributed by atoms with Gasteiger partial charge in [0.15, 0.2) is 0 Å². The first-order chi connectivity index (χ1) is 7.91. The number of aliphatic hydroxyl groups is 1. The van der Waals surface area contributed by atoms with Gasteiger partial charge in [0.2, 0.25) is 10.0 Å². The Bertz CT molecular complexity index is 530. The van der Waals surface area contributed by atoms with E-state index in [2.05, 4.69) is 15.9 Å². The maximum atomic E-state index is 12.3. The van der Waals surface area contributed by atoms with Crippen molar-refractivity contribution in [3.8, 4) is 0 Å². The Morgan fingerprint density at radius 2 is 2.18 bits per heavy atom. The zero-order valence-electron chi connectivity index (χ0n) is 9.43. The smallest absolute Gasteiger partial charge is 0.244 e. The highest BCUT2D eigenvalue weighted by Gasteiger charge is 2.32. The van der Waals surface area contributed by atoms with E-state index in [9.17, 15) is 13.5 Å². The molecule has 1 saturated heterocycles. The quantitative estimate of drug-likeness (QED) is 0.899. The number of aliphatic hydroxyl groups excluding tert-OH is 1. The first kappa shape index (κ1) is 13.0. The molecule has 1 aliphatic heterocycles. The monoisotopic (exact) mass is 319 g/mol. The molecule has 1 aliphatic rings. The molecule has 0 saturated carbocycles. The number of β-amino-alcohol motifs (C(OH)–C–C–N with tert-alkyl or cyclic N) is 1. The SMILES string of the molecule is Cc1ccc(S(=O)(=O)N2CCC(O)C2)c(Br)c1. The van der Waals surface area contributed by atoms with Crippen LogP contribution in [-0.4, -0.2) is 37.0 Å². The van der Waals surface area contributed by atoms with E-state index in [1.165, 1.54) is 4.31 Å². The van der Waals surface area contributed by atoms with Crippen molar-refractivity contribution in [1.82, 2.24) is 4.31 Å². The molecule has 1 aromatic carbocycles. The highest BCUT2D eigenvalue weighted by Crippen LogP contribution is 2.28. The molecule has 2 rings (SSSR count). The van der Waals surface area contributed by atoms with Gasteiger partial charge in [-0.15, -0.1) is 0 Å². The number of sulfonamides is 1. The van der Waals surface area contributed by atoms with Gasteiger partial charge in [0.05, 0.1) is 11.0 Å². The fourth-order valence-electron chi connectivity index (χ4n) is 1.88. The summed E-state index contributed by atoms with van der Waals surface area (Å²) in [6.07, 6.45) is -0.0445. The summed E-state index contributed by atoms with van der Waals surface area (Å²) in [5, 5.41) is 9.41. The van der Waals surface area contributed by atoms with Crippen LogP contribution in [0.15, 0.2) is 27.6 Å². The zero-order chi connectivity index (χ0) is 12.6.